The summed E-state index contributed by atoms with van der Waals surface area (Å²) in [7, 11) is 0. The van der Waals surface area contributed by atoms with E-state index in [1.807, 2.05) is 0 Å². The SMILES string of the molecule is N[C@@H]1CCC[C@H]1CC(=O)N(Cc1ccc(F)cc1F)C1CC1. The average Bonchev–Trinajstić information content (AvgIpc) is 3.23. The third-order valence-electron chi connectivity index (χ3n) is 4.82. The number of carbonyl (C=O) groups excluding carboxylic acids is 1. The van der Waals surface area contributed by atoms with Gasteiger partial charge in [0.15, 0.2) is 0 Å². The smallest absolute Gasteiger partial charge is 0.223 e. The standard InChI is InChI=1S/C17H22F2N2O/c18-13-5-4-12(15(19)9-13)10-21(14-6-7-14)17(22)8-11-2-1-3-16(11)20/h4-5,9,11,14,16H,1-3,6-8,10,20H2/t11-,16+/m0/s1. The number of nitrogens with zero attached hydrogens (tertiary/aromatic N) is 1. The average molecular weight is 308 g/mol. The molecule has 0 heterocycles. The van der Waals surface area contributed by atoms with Crippen LogP contribution in [0.2, 0.25) is 0 Å². The summed E-state index contributed by atoms with van der Waals surface area (Å²) in [6.07, 6.45) is 5.43. The lowest BCUT2D eigenvalue weighted by Crippen LogP contribution is -2.36. The zero-order chi connectivity index (χ0) is 15.7. The minimum Gasteiger partial charge on any atom is -0.335 e. The highest BCUT2D eigenvalue weighted by atomic mass is 19.1. The van der Waals surface area contributed by atoms with E-state index in [4.69, 9.17) is 5.73 Å². The van der Waals surface area contributed by atoms with Crippen LogP contribution in [0.4, 0.5) is 8.78 Å². The second kappa shape index (κ2) is 6.32. The number of nitrogens with two attached hydrogens (primary N) is 1. The van der Waals surface area contributed by atoms with Crippen LogP contribution in [0.1, 0.15) is 44.1 Å². The van der Waals surface area contributed by atoms with Crippen molar-refractivity contribution in [3.05, 3.63) is 35.4 Å². The molecule has 3 rings (SSSR count). The molecule has 2 N–H and O–H groups in total. The van der Waals surface area contributed by atoms with Crippen molar-refractivity contribution in [2.75, 3.05) is 0 Å². The Morgan fingerprint density at radius 1 is 1.23 bits per heavy atom. The van der Waals surface area contributed by atoms with Gasteiger partial charge in [-0.2, -0.15) is 0 Å². The molecule has 0 aliphatic heterocycles. The van der Waals surface area contributed by atoms with E-state index in [0.29, 0.717) is 12.0 Å². The van der Waals surface area contributed by atoms with E-state index < -0.39 is 11.6 Å². The Balaban J connectivity index is 1.68. The van der Waals surface area contributed by atoms with Gasteiger partial charge in [0.05, 0.1) is 0 Å². The lowest BCUT2D eigenvalue weighted by Gasteiger charge is -2.25. The van der Waals surface area contributed by atoms with Gasteiger partial charge >= 0.3 is 0 Å². The summed E-state index contributed by atoms with van der Waals surface area (Å²) in [4.78, 5) is 14.3. The van der Waals surface area contributed by atoms with Gasteiger partial charge in [-0.15, -0.1) is 0 Å². The van der Waals surface area contributed by atoms with Crippen molar-refractivity contribution in [1.82, 2.24) is 4.90 Å². The molecule has 2 aliphatic carbocycles. The van der Waals surface area contributed by atoms with Crippen molar-refractivity contribution in [3.63, 3.8) is 0 Å². The highest BCUT2D eigenvalue weighted by Crippen LogP contribution is 2.32. The van der Waals surface area contributed by atoms with E-state index in [1.165, 1.54) is 12.1 Å². The monoisotopic (exact) mass is 308 g/mol. The van der Waals surface area contributed by atoms with E-state index in [-0.39, 0.29) is 30.5 Å². The first-order chi connectivity index (χ1) is 10.5. The Hall–Kier alpha value is -1.49. The van der Waals surface area contributed by atoms with E-state index in [0.717, 1.165) is 38.2 Å². The van der Waals surface area contributed by atoms with E-state index >= 15 is 0 Å². The summed E-state index contributed by atoms with van der Waals surface area (Å²) < 4.78 is 26.8. The van der Waals surface area contributed by atoms with Crippen LogP contribution >= 0.6 is 0 Å². The van der Waals surface area contributed by atoms with Crippen LogP contribution in [0.3, 0.4) is 0 Å². The van der Waals surface area contributed by atoms with Gasteiger partial charge < -0.3 is 10.6 Å². The summed E-state index contributed by atoms with van der Waals surface area (Å²) in [5, 5.41) is 0. The Kier molecular flexibility index (Phi) is 4.43. The Morgan fingerprint density at radius 2 is 2.00 bits per heavy atom. The van der Waals surface area contributed by atoms with Crippen molar-refractivity contribution >= 4 is 5.91 Å². The number of rotatable bonds is 5. The Labute approximate surface area is 129 Å². The topological polar surface area (TPSA) is 46.3 Å². The Bertz CT molecular complexity index is 560. The van der Waals surface area contributed by atoms with Gasteiger partial charge in [0.25, 0.3) is 0 Å². The molecule has 1 amide bonds. The molecule has 0 radical (unpaired) electrons. The fourth-order valence-corrected chi connectivity index (χ4v) is 3.30. The van der Waals surface area contributed by atoms with E-state index in [2.05, 4.69) is 0 Å². The van der Waals surface area contributed by atoms with Crippen LogP contribution in [0.5, 0.6) is 0 Å². The molecule has 2 atom stereocenters. The summed E-state index contributed by atoms with van der Waals surface area (Å²) >= 11 is 0. The number of hydrogen-bond donors (Lipinski definition) is 1. The number of carbonyl (C=O) groups is 1. The second-order valence-electron chi connectivity index (χ2n) is 6.55. The molecule has 5 heteroatoms. The number of amides is 1. The molecule has 0 aromatic heterocycles. The first-order valence-electron chi connectivity index (χ1n) is 8.03. The maximum atomic E-state index is 13.8. The maximum Gasteiger partial charge on any atom is 0.223 e. The second-order valence-corrected chi connectivity index (χ2v) is 6.55. The van der Waals surface area contributed by atoms with Gasteiger partial charge in [-0.05, 0) is 37.7 Å². The molecule has 1 aromatic carbocycles. The van der Waals surface area contributed by atoms with Crippen molar-refractivity contribution in [1.29, 1.82) is 0 Å². The Morgan fingerprint density at radius 3 is 2.59 bits per heavy atom. The lowest BCUT2D eigenvalue weighted by atomic mass is 9.99. The third kappa shape index (κ3) is 3.46. The zero-order valence-electron chi connectivity index (χ0n) is 12.6. The summed E-state index contributed by atoms with van der Waals surface area (Å²) in [6, 6.07) is 3.84. The van der Waals surface area contributed by atoms with Gasteiger partial charge in [0, 0.05) is 36.7 Å². The van der Waals surface area contributed by atoms with Crippen LogP contribution in [0.25, 0.3) is 0 Å². The third-order valence-corrected chi connectivity index (χ3v) is 4.82. The summed E-state index contributed by atoms with van der Waals surface area (Å²) in [5.41, 5.74) is 6.41. The van der Waals surface area contributed by atoms with Crippen LogP contribution in [-0.2, 0) is 11.3 Å². The van der Waals surface area contributed by atoms with Gasteiger partial charge in [0.1, 0.15) is 11.6 Å². The van der Waals surface area contributed by atoms with Crippen LogP contribution in [0.15, 0.2) is 18.2 Å². The highest BCUT2D eigenvalue weighted by Gasteiger charge is 2.35. The van der Waals surface area contributed by atoms with Crippen molar-refractivity contribution in [3.8, 4) is 0 Å². The van der Waals surface area contributed by atoms with Crippen LogP contribution in [-0.4, -0.2) is 22.9 Å². The highest BCUT2D eigenvalue weighted by molar-refractivity contribution is 5.77. The van der Waals surface area contributed by atoms with Crippen LogP contribution < -0.4 is 5.73 Å². The van der Waals surface area contributed by atoms with Crippen molar-refractivity contribution in [2.24, 2.45) is 11.7 Å². The first-order valence-corrected chi connectivity index (χ1v) is 8.03. The molecule has 0 unspecified atom stereocenters. The minimum absolute atomic E-state index is 0.0496. The van der Waals surface area contributed by atoms with Crippen LogP contribution in [0, 0.1) is 17.6 Å². The zero-order valence-corrected chi connectivity index (χ0v) is 12.6. The van der Waals surface area contributed by atoms with Crippen molar-refractivity contribution < 1.29 is 13.6 Å². The predicted molar refractivity (Wildman–Crippen MR) is 79.9 cm³/mol. The van der Waals surface area contributed by atoms with Crippen molar-refractivity contribution in [2.45, 2.75) is 57.2 Å². The van der Waals surface area contributed by atoms with E-state index in [9.17, 15) is 13.6 Å². The van der Waals surface area contributed by atoms with E-state index in [1.54, 1.807) is 4.90 Å². The molecule has 120 valence electrons. The number of hydrogen-bond acceptors (Lipinski definition) is 2. The largest absolute Gasteiger partial charge is 0.335 e. The van der Waals surface area contributed by atoms with Gasteiger partial charge in [-0.25, -0.2) is 8.78 Å². The molecule has 1 aromatic rings. The maximum absolute atomic E-state index is 13.8. The summed E-state index contributed by atoms with van der Waals surface area (Å²) in [6.45, 7) is 0.220. The molecule has 2 fully saturated rings. The fourth-order valence-electron chi connectivity index (χ4n) is 3.30. The van der Waals surface area contributed by atoms with Gasteiger partial charge in [0.2, 0.25) is 5.91 Å². The fraction of sp³-hybridized carbons (Fsp3) is 0.588. The van der Waals surface area contributed by atoms with Gasteiger partial charge in [-0.3, -0.25) is 4.79 Å². The molecule has 2 saturated carbocycles. The molecule has 3 nitrogen and oxygen atoms in total. The number of halogens is 2. The minimum atomic E-state index is -0.595. The molecule has 2 aliphatic rings. The van der Waals surface area contributed by atoms with Gasteiger partial charge in [-0.1, -0.05) is 12.5 Å². The molecule has 0 spiro atoms. The molecular weight excluding hydrogens is 286 g/mol. The molecule has 0 bridgehead atoms. The lowest BCUT2D eigenvalue weighted by molar-refractivity contribution is -0.133. The molecular formula is C17H22F2N2O. The number of benzene rings is 1. The normalized spacial score (nSPS) is 24.5. The molecule has 0 saturated heterocycles. The quantitative estimate of drug-likeness (QED) is 0.909. The molecule has 22 heavy (non-hydrogen) atoms. The first kappa shape index (κ1) is 15.4. The predicted octanol–water partition coefficient (Wildman–Crippen LogP) is 2.97. The summed E-state index contributed by atoms with van der Waals surface area (Å²) in [5.74, 6) is -0.890.